The van der Waals surface area contributed by atoms with Gasteiger partial charge in [-0.05, 0) is 56.3 Å². The predicted molar refractivity (Wildman–Crippen MR) is 99.7 cm³/mol. The second-order valence-electron chi connectivity index (χ2n) is 9.03. The first-order chi connectivity index (χ1) is 14.8. The molecule has 1 aromatic heterocycles. The summed E-state index contributed by atoms with van der Waals surface area (Å²) < 4.78 is 66.9. The zero-order valence-corrected chi connectivity index (χ0v) is 16.3. The number of aromatic nitrogens is 2. The number of halogens is 5. The molecule has 0 radical (unpaired) electrons. The van der Waals surface area contributed by atoms with Crippen LogP contribution in [0.2, 0.25) is 0 Å². The number of amides is 1. The second-order valence-corrected chi connectivity index (χ2v) is 9.03. The van der Waals surface area contributed by atoms with E-state index in [9.17, 15) is 26.7 Å². The molecule has 4 aliphatic rings. The first kappa shape index (κ1) is 20.1. The number of carbonyl (C=O) groups is 1. The van der Waals surface area contributed by atoms with Crippen molar-refractivity contribution in [3.8, 4) is 0 Å². The third-order valence-corrected chi connectivity index (χ3v) is 6.96. The monoisotopic (exact) mass is 438 g/mol. The highest BCUT2D eigenvalue weighted by molar-refractivity contribution is 5.93. The zero-order chi connectivity index (χ0) is 21.9. The van der Waals surface area contributed by atoms with Crippen molar-refractivity contribution in [2.45, 2.75) is 43.9 Å². The molecule has 2 N–H and O–H groups in total. The second kappa shape index (κ2) is 7.13. The summed E-state index contributed by atoms with van der Waals surface area (Å²) in [5.74, 6) is -8.37. The molecule has 4 bridgehead atoms. The summed E-state index contributed by atoms with van der Waals surface area (Å²) >= 11 is 0. The smallest absolute Gasteiger partial charge is 0.289 e. The molecule has 0 unspecified atom stereocenters. The molecule has 164 valence electrons. The number of H-pyrrole nitrogens is 1. The molecule has 10 heteroatoms. The predicted octanol–water partition coefficient (Wildman–Crippen LogP) is 4.34. The average molecular weight is 438 g/mol. The lowest BCUT2D eigenvalue weighted by Crippen LogP contribution is -2.49. The van der Waals surface area contributed by atoms with Crippen molar-refractivity contribution in [2.75, 3.05) is 0 Å². The van der Waals surface area contributed by atoms with E-state index in [0.717, 1.165) is 25.1 Å². The number of hydrazone groups is 1. The summed E-state index contributed by atoms with van der Waals surface area (Å²) in [7, 11) is 0. The summed E-state index contributed by atoms with van der Waals surface area (Å²) in [6, 6.07) is 0. The van der Waals surface area contributed by atoms with Crippen LogP contribution in [0.4, 0.5) is 22.0 Å². The van der Waals surface area contributed by atoms with Gasteiger partial charge in [-0.25, -0.2) is 32.4 Å². The molecule has 4 fully saturated rings. The Hall–Kier alpha value is -2.78. The molecule has 6 rings (SSSR count). The lowest BCUT2D eigenvalue weighted by molar-refractivity contribution is -0.00903. The Labute approximate surface area is 174 Å². The van der Waals surface area contributed by atoms with Crippen LogP contribution >= 0.6 is 0 Å². The van der Waals surface area contributed by atoms with Crippen molar-refractivity contribution in [2.24, 2.45) is 22.9 Å². The Bertz CT molecular complexity index is 1030. The summed E-state index contributed by atoms with van der Waals surface area (Å²) in [6.07, 6.45) is 8.69. The minimum Gasteiger partial charge on any atom is -0.337 e. The van der Waals surface area contributed by atoms with Crippen molar-refractivity contribution in [1.82, 2.24) is 15.4 Å². The van der Waals surface area contributed by atoms with Crippen molar-refractivity contribution in [3.63, 3.8) is 0 Å². The number of nitrogens with one attached hydrogen (secondary N) is 2. The minimum atomic E-state index is -2.26. The number of hydrogen-bond donors (Lipinski definition) is 2. The average Bonchev–Trinajstić information content (AvgIpc) is 3.24. The van der Waals surface area contributed by atoms with E-state index in [-0.39, 0.29) is 11.1 Å². The molecule has 31 heavy (non-hydrogen) atoms. The molecule has 2 aromatic rings. The first-order valence-corrected chi connectivity index (χ1v) is 10.2. The van der Waals surface area contributed by atoms with E-state index in [0.29, 0.717) is 24.0 Å². The Morgan fingerprint density at radius 3 is 2.03 bits per heavy atom. The summed E-state index contributed by atoms with van der Waals surface area (Å²) in [5.41, 5.74) is 0.851. The highest BCUT2D eigenvalue weighted by atomic mass is 19.2. The van der Waals surface area contributed by atoms with Crippen LogP contribution in [0.3, 0.4) is 0 Å². The number of imidazole rings is 1. The standard InChI is InChI=1S/C21H19F5N4O/c22-14-12(15(23)17(25)18(26)16(14)24)7-28-30-19(31)13-8-27-20(29-13)21-4-9-1-10(5-21)3-11(2-9)6-21/h7-11H,1-6H2,(H,27,29)(H,30,31)/b28-7+. The number of carbonyl (C=O) groups excluding carboxylic acids is 1. The lowest BCUT2D eigenvalue weighted by atomic mass is 9.49. The molecule has 1 aromatic carbocycles. The van der Waals surface area contributed by atoms with Gasteiger partial charge in [0, 0.05) is 5.41 Å². The van der Waals surface area contributed by atoms with E-state index in [1.807, 2.05) is 5.43 Å². The van der Waals surface area contributed by atoms with Crippen molar-refractivity contribution in [1.29, 1.82) is 0 Å². The van der Waals surface area contributed by atoms with E-state index < -0.39 is 40.6 Å². The fraction of sp³-hybridized carbons (Fsp3) is 0.476. The Balaban J connectivity index is 1.32. The van der Waals surface area contributed by atoms with Crippen molar-refractivity contribution < 1.29 is 26.7 Å². The molecule has 0 aliphatic heterocycles. The van der Waals surface area contributed by atoms with Gasteiger partial charge < -0.3 is 4.98 Å². The maximum Gasteiger partial charge on any atom is 0.289 e. The maximum absolute atomic E-state index is 13.7. The maximum atomic E-state index is 13.7. The van der Waals surface area contributed by atoms with E-state index in [4.69, 9.17) is 0 Å². The number of aromatic amines is 1. The van der Waals surface area contributed by atoms with Gasteiger partial charge in [0.05, 0.1) is 18.0 Å². The molecular weight excluding hydrogens is 419 g/mol. The highest BCUT2D eigenvalue weighted by Crippen LogP contribution is 2.60. The zero-order valence-electron chi connectivity index (χ0n) is 16.3. The molecule has 1 heterocycles. The van der Waals surface area contributed by atoms with Crippen LogP contribution in [0.15, 0.2) is 11.3 Å². The van der Waals surface area contributed by atoms with Crippen LogP contribution in [-0.2, 0) is 5.41 Å². The number of benzene rings is 1. The molecule has 5 nitrogen and oxygen atoms in total. The molecule has 0 saturated heterocycles. The van der Waals surface area contributed by atoms with Crippen LogP contribution in [0, 0.1) is 46.8 Å². The van der Waals surface area contributed by atoms with Crippen LogP contribution in [0.5, 0.6) is 0 Å². The fourth-order valence-corrected chi connectivity index (χ4v) is 6.06. The number of rotatable bonds is 4. The van der Waals surface area contributed by atoms with Gasteiger partial charge in [-0.15, -0.1) is 0 Å². The third kappa shape index (κ3) is 3.23. The van der Waals surface area contributed by atoms with E-state index in [1.165, 1.54) is 25.5 Å². The number of hydrogen-bond acceptors (Lipinski definition) is 3. The summed E-state index contributed by atoms with van der Waals surface area (Å²) in [4.78, 5) is 19.8. The fourth-order valence-electron chi connectivity index (χ4n) is 6.06. The van der Waals surface area contributed by atoms with Gasteiger partial charge in [0.2, 0.25) is 5.82 Å². The molecule has 4 aliphatic carbocycles. The molecule has 0 atom stereocenters. The van der Waals surface area contributed by atoms with Crippen LogP contribution < -0.4 is 5.43 Å². The van der Waals surface area contributed by atoms with Gasteiger partial charge in [-0.2, -0.15) is 5.10 Å². The lowest BCUT2D eigenvalue weighted by Gasteiger charge is -2.55. The third-order valence-electron chi connectivity index (χ3n) is 6.96. The first-order valence-electron chi connectivity index (χ1n) is 10.2. The topological polar surface area (TPSA) is 70.1 Å². The van der Waals surface area contributed by atoms with Crippen LogP contribution in [-0.4, -0.2) is 22.1 Å². The van der Waals surface area contributed by atoms with Gasteiger partial charge in [-0.3, -0.25) is 4.79 Å². The molecular formula is C21H19F5N4O. The summed E-state index contributed by atoms with van der Waals surface area (Å²) in [5, 5.41) is 3.34. The van der Waals surface area contributed by atoms with E-state index in [2.05, 4.69) is 15.1 Å². The van der Waals surface area contributed by atoms with Gasteiger partial charge in [-0.1, -0.05) is 0 Å². The van der Waals surface area contributed by atoms with Crippen LogP contribution in [0.25, 0.3) is 0 Å². The minimum absolute atomic E-state index is 0.0496. The Kier molecular flexibility index (Phi) is 4.63. The van der Waals surface area contributed by atoms with Gasteiger partial charge in [0.15, 0.2) is 23.3 Å². The molecule has 4 saturated carbocycles. The SMILES string of the molecule is O=C(N/N=C/c1c(F)c(F)c(F)c(F)c1F)c1cnc(C23CC4CC(CC(C4)C2)C3)[nH]1. The normalized spacial score (nSPS) is 29.1. The van der Waals surface area contributed by atoms with Crippen LogP contribution in [0.1, 0.15) is 60.4 Å². The van der Waals surface area contributed by atoms with E-state index in [1.54, 1.807) is 0 Å². The Morgan fingerprint density at radius 2 is 1.48 bits per heavy atom. The molecule has 0 spiro atoms. The van der Waals surface area contributed by atoms with Gasteiger partial charge in [0.1, 0.15) is 11.5 Å². The van der Waals surface area contributed by atoms with Crippen molar-refractivity contribution in [3.05, 3.63) is 52.4 Å². The molecule has 1 amide bonds. The highest BCUT2D eigenvalue weighted by Gasteiger charge is 2.53. The van der Waals surface area contributed by atoms with Gasteiger partial charge in [0.25, 0.3) is 5.91 Å². The quantitative estimate of drug-likeness (QED) is 0.245. The Morgan fingerprint density at radius 1 is 0.968 bits per heavy atom. The summed E-state index contributed by atoms with van der Waals surface area (Å²) in [6.45, 7) is 0. The van der Waals surface area contributed by atoms with Gasteiger partial charge >= 0.3 is 0 Å². The number of nitrogens with zero attached hydrogens (tertiary/aromatic N) is 2. The van der Waals surface area contributed by atoms with Crippen molar-refractivity contribution >= 4 is 12.1 Å². The van der Waals surface area contributed by atoms with E-state index >= 15 is 0 Å². The largest absolute Gasteiger partial charge is 0.337 e.